The van der Waals surface area contributed by atoms with Crippen LogP contribution in [0.3, 0.4) is 0 Å². The average molecular weight is 302 g/mol. The smallest absolute Gasteiger partial charge is 0.143 e. The molecule has 1 aliphatic heterocycles. The first-order chi connectivity index (χ1) is 9.93. The fraction of sp³-hybridized carbons (Fsp3) is 0.333. The molecule has 1 N–H and O–H groups in total. The van der Waals surface area contributed by atoms with Crippen LogP contribution in [0.25, 0.3) is 0 Å². The van der Waals surface area contributed by atoms with Gasteiger partial charge in [-0.05, 0) is 40.8 Å². The number of nitrogens with one attached hydrogen (secondary N) is 1. The monoisotopic (exact) mass is 301 g/mol. The van der Waals surface area contributed by atoms with Gasteiger partial charge in [-0.25, -0.2) is 0 Å². The maximum Gasteiger partial charge on any atom is 0.143 e. The molecule has 0 aromatic heterocycles. The van der Waals surface area contributed by atoms with Gasteiger partial charge in [-0.15, -0.1) is 0 Å². The second-order valence-corrected chi connectivity index (χ2v) is 6.94. The summed E-state index contributed by atoms with van der Waals surface area (Å²) in [6, 6.07) is 14.2. The van der Waals surface area contributed by atoms with Crippen LogP contribution in [0.15, 0.2) is 42.5 Å². The van der Waals surface area contributed by atoms with E-state index in [0.29, 0.717) is 0 Å². The van der Waals surface area contributed by atoms with E-state index in [2.05, 4.69) is 44.3 Å². The molecule has 1 unspecified atom stereocenters. The van der Waals surface area contributed by atoms with Crippen molar-refractivity contribution < 1.29 is 4.74 Å². The molecule has 0 saturated carbocycles. The molecule has 0 spiro atoms. The molecule has 21 heavy (non-hydrogen) atoms. The van der Waals surface area contributed by atoms with Crippen molar-refractivity contribution in [2.75, 3.05) is 11.9 Å². The standard InChI is InChI=1S/C18H20ClNO/c1-18(2,3)13-6-9-16-15(10-13)20-11-17(21-16)12-4-7-14(19)8-5-12/h4-10,17,20H,11H2,1-3H3. The Bertz CT molecular complexity index is 643. The van der Waals surface area contributed by atoms with Crippen LogP contribution in [-0.4, -0.2) is 6.54 Å². The summed E-state index contributed by atoms with van der Waals surface area (Å²) in [5, 5.41) is 4.23. The molecular formula is C18H20ClNO. The van der Waals surface area contributed by atoms with Crippen LogP contribution in [0, 0.1) is 0 Å². The van der Waals surface area contributed by atoms with Gasteiger partial charge in [0.05, 0.1) is 12.2 Å². The highest BCUT2D eigenvalue weighted by Crippen LogP contribution is 2.37. The van der Waals surface area contributed by atoms with E-state index in [0.717, 1.165) is 28.6 Å². The summed E-state index contributed by atoms with van der Waals surface area (Å²) in [7, 11) is 0. The number of benzene rings is 2. The second kappa shape index (κ2) is 5.27. The van der Waals surface area contributed by atoms with Crippen molar-refractivity contribution in [1.82, 2.24) is 0 Å². The van der Waals surface area contributed by atoms with E-state index in [9.17, 15) is 0 Å². The lowest BCUT2D eigenvalue weighted by Gasteiger charge is -2.29. The molecule has 0 saturated heterocycles. The molecule has 110 valence electrons. The van der Waals surface area contributed by atoms with Crippen molar-refractivity contribution in [1.29, 1.82) is 0 Å². The SMILES string of the molecule is CC(C)(C)c1ccc2c(c1)NCC(c1ccc(Cl)cc1)O2. The normalized spacial score (nSPS) is 17.6. The summed E-state index contributed by atoms with van der Waals surface area (Å²) in [5.41, 5.74) is 3.66. The second-order valence-electron chi connectivity index (χ2n) is 6.50. The molecule has 3 rings (SSSR count). The number of hydrogen-bond acceptors (Lipinski definition) is 2. The van der Waals surface area contributed by atoms with Crippen LogP contribution in [-0.2, 0) is 5.41 Å². The minimum atomic E-state index is 0.0234. The Morgan fingerprint density at radius 1 is 1.10 bits per heavy atom. The van der Waals surface area contributed by atoms with Crippen LogP contribution in [0.2, 0.25) is 5.02 Å². The van der Waals surface area contributed by atoms with Gasteiger partial charge in [0, 0.05) is 5.02 Å². The van der Waals surface area contributed by atoms with Gasteiger partial charge in [-0.1, -0.05) is 50.6 Å². The van der Waals surface area contributed by atoms with Crippen molar-refractivity contribution >= 4 is 17.3 Å². The number of hydrogen-bond donors (Lipinski definition) is 1. The van der Waals surface area contributed by atoms with E-state index >= 15 is 0 Å². The van der Waals surface area contributed by atoms with Gasteiger partial charge in [0.25, 0.3) is 0 Å². The summed E-state index contributed by atoms with van der Waals surface area (Å²) in [5.74, 6) is 0.911. The van der Waals surface area contributed by atoms with Crippen molar-refractivity contribution in [3.8, 4) is 5.75 Å². The lowest BCUT2D eigenvalue weighted by atomic mass is 9.86. The van der Waals surface area contributed by atoms with Gasteiger partial charge in [0.2, 0.25) is 0 Å². The molecular weight excluding hydrogens is 282 g/mol. The summed E-state index contributed by atoms with van der Waals surface area (Å²) in [6.07, 6.45) is 0.0234. The van der Waals surface area contributed by atoms with Gasteiger partial charge in [-0.2, -0.15) is 0 Å². The Hall–Kier alpha value is -1.67. The van der Waals surface area contributed by atoms with Crippen LogP contribution in [0.5, 0.6) is 5.75 Å². The Kier molecular flexibility index (Phi) is 3.58. The van der Waals surface area contributed by atoms with Crippen molar-refractivity contribution in [2.45, 2.75) is 32.3 Å². The average Bonchev–Trinajstić information content (AvgIpc) is 2.46. The lowest BCUT2D eigenvalue weighted by Crippen LogP contribution is -2.24. The summed E-state index contributed by atoms with van der Waals surface area (Å²) in [6.45, 7) is 7.42. The third-order valence-corrected chi connectivity index (χ3v) is 4.09. The molecule has 3 heteroatoms. The predicted molar refractivity (Wildman–Crippen MR) is 88.5 cm³/mol. The van der Waals surface area contributed by atoms with Gasteiger partial charge in [-0.3, -0.25) is 0 Å². The van der Waals surface area contributed by atoms with Crippen LogP contribution in [0.1, 0.15) is 38.0 Å². The third kappa shape index (κ3) is 3.01. The number of ether oxygens (including phenoxy) is 1. The number of rotatable bonds is 1. The first kappa shape index (κ1) is 14.3. The zero-order valence-electron chi connectivity index (χ0n) is 12.6. The Morgan fingerprint density at radius 3 is 2.48 bits per heavy atom. The summed E-state index contributed by atoms with van der Waals surface area (Å²) >= 11 is 5.94. The Morgan fingerprint density at radius 2 is 1.81 bits per heavy atom. The van der Waals surface area contributed by atoms with Gasteiger partial charge >= 0.3 is 0 Å². The molecule has 1 heterocycles. The van der Waals surface area contributed by atoms with Gasteiger partial charge < -0.3 is 10.1 Å². The molecule has 2 nitrogen and oxygen atoms in total. The predicted octanol–water partition coefficient (Wildman–Crippen LogP) is 5.18. The highest BCUT2D eigenvalue weighted by molar-refractivity contribution is 6.30. The number of halogens is 1. The first-order valence-corrected chi connectivity index (χ1v) is 7.62. The zero-order valence-corrected chi connectivity index (χ0v) is 13.4. The third-order valence-electron chi connectivity index (χ3n) is 3.83. The van der Waals surface area contributed by atoms with E-state index in [1.807, 2.05) is 24.3 Å². The van der Waals surface area contributed by atoms with Gasteiger partial charge in [0.1, 0.15) is 11.9 Å². The quantitative estimate of drug-likeness (QED) is 0.783. The van der Waals surface area contributed by atoms with E-state index < -0.39 is 0 Å². The summed E-state index contributed by atoms with van der Waals surface area (Å²) in [4.78, 5) is 0. The molecule has 2 aromatic carbocycles. The summed E-state index contributed by atoms with van der Waals surface area (Å²) < 4.78 is 6.12. The molecule has 0 aliphatic carbocycles. The largest absolute Gasteiger partial charge is 0.482 e. The highest BCUT2D eigenvalue weighted by atomic mass is 35.5. The Labute approximate surface area is 131 Å². The molecule has 0 bridgehead atoms. The maximum atomic E-state index is 6.12. The maximum absolute atomic E-state index is 6.12. The minimum absolute atomic E-state index is 0.0234. The highest BCUT2D eigenvalue weighted by Gasteiger charge is 2.23. The van der Waals surface area contributed by atoms with Crippen LogP contribution in [0.4, 0.5) is 5.69 Å². The fourth-order valence-corrected chi connectivity index (χ4v) is 2.62. The fourth-order valence-electron chi connectivity index (χ4n) is 2.50. The first-order valence-electron chi connectivity index (χ1n) is 7.24. The van der Waals surface area contributed by atoms with E-state index in [1.54, 1.807) is 0 Å². The van der Waals surface area contributed by atoms with Crippen molar-refractivity contribution in [3.63, 3.8) is 0 Å². The molecule has 0 amide bonds. The van der Waals surface area contributed by atoms with Crippen LogP contribution >= 0.6 is 11.6 Å². The minimum Gasteiger partial charge on any atom is -0.482 e. The zero-order chi connectivity index (χ0) is 15.0. The van der Waals surface area contributed by atoms with Crippen LogP contribution < -0.4 is 10.1 Å². The molecule has 1 atom stereocenters. The topological polar surface area (TPSA) is 21.3 Å². The van der Waals surface area contributed by atoms with E-state index in [4.69, 9.17) is 16.3 Å². The molecule has 0 radical (unpaired) electrons. The van der Waals surface area contributed by atoms with Crippen molar-refractivity contribution in [3.05, 3.63) is 58.6 Å². The van der Waals surface area contributed by atoms with Crippen molar-refractivity contribution in [2.24, 2.45) is 0 Å². The van der Waals surface area contributed by atoms with E-state index in [1.165, 1.54) is 5.56 Å². The molecule has 2 aromatic rings. The number of anilines is 1. The number of fused-ring (bicyclic) bond motifs is 1. The Balaban J connectivity index is 1.85. The molecule has 1 aliphatic rings. The molecule has 0 fully saturated rings. The van der Waals surface area contributed by atoms with Gasteiger partial charge in [0.15, 0.2) is 0 Å². The lowest BCUT2D eigenvalue weighted by molar-refractivity contribution is 0.210. The van der Waals surface area contributed by atoms with E-state index in [-0.39, 0.29) is 11.5 Å².